The van der Waals surface area contributed by atoms with Crippen molar-refractivity contribution in [1.82, 2.24) is 14.5 Å². The van der Waals surface area contributed by atoms with Gasteiger partial charge in [-0.05, 0) is 51.6 Å². The SMILES string of the molecule is Cc1ccc(CCC(C(=O)O)n2c(CN(C)C)nc3ccccc32)cc1. The summed E-state index contributed by atoms with van der Waals surface area (Å²) in [6, 6.07) is 15.4. The average Bonchev–Trinajstić information content (AvgIpc) is 2.94. The quantitative estimate of drug-likeness (QED) is 0.706. The van der Waals surface area contributed by atoms with Crippen LogP contribution in [0.1, 0.15) is 29.4 Å². The van der Waals surface area contributed by atoms with Crippen LogP contribution >= 0.6 is 0 Å². The zero-order valence-electron chi connectivity index (χ0n) is 15.5. The summed E-state index contributed by atoms with van der Waals surface area (Å²) in [6.45, 7) is 2.65. The molecule has 0 aliphatic heterocycles. The molecule has 1 atom stereocenters. The van der Waals surface area contributed by atoms with Crippen molar-refractivity contribution in [2.24, 2.45) is 0 Å². The van der Waals surface area contributed by atoms with Crippen molar-refractivity contribution in [3.05, 3.63) is 65.5 Å². The normalized spacial score (nSPS) is 12.6. The molecule has 0 saturated carbocycles. The first kappa shape index (κ1) is 18.1. The fourth-order valence-corrected chi connectivity index (χ4v) is 3.26. The van der Waals surface area contributed by atoms with Gasteiger partial charge < -0.3 is 14.6 Å². The lowest BCUT2D eigenvalue weighted by Gasteiger charge is -2.19. The van der Waals surface area contributed by atoms with E-state index in [1.165, 1.54) is 5.56 Å². The highest BCUT2D eigenvalue weighted by Gasteiger charge is 2.25. The highest BCUT2D eigenvalue weighted by Crippen LogP contribution is 2.25. The Morgan fingerprint density at radius 2 is 1.85 bits per heavy atom. The smallest absolute Gasteiger partial charge is 0.326 e. The Balaban J connectivity index is 1.96. The first-order valence-corrected chi connectivity index (χ1v) is 8.84. The highest BCUT2D eigenvalue weighted by molar-refractivity contribution is 5.80. The first-order valence-electron chi connectivity index (χ1n) is 8.84. The first-order chi connectivity index (χ1) is 12.5. The molecule has 1 unspecified atom stereocenters. The minimum absolute atomic E-state index is 0.527. The van der Waals surface area contributed by atoms with E-state index in [2.05, 4.69) is 36.2 Å². The number of aryl methyl sites for hydroxylation is 2. The van der Waals surface area contributed by atoms with Gasteiger partial charge in [-0.2, -0.15) is 0 Å². The number of fused-ring (bicyclic) bond motifs is 1. The number of benzene rings is 2. The molecule has 5 heteroatoms. The Labute approximate surface area is 153 Å². The molecule has 0 fully saturated rings. The third kappa shape index (κ3) is 3.94. The van der Waals surface area contributed by atoms with E-state index in [1.54, 1.807) is 0 Å². The molecule has 3 aromatic rings. The van der Waals surface area contributed by atoms with Crippen LogP contribution in [0.4, 0.5) is 0 Å². The molecular weight excluding hydrogens is 326 g/mol. The van der Waals surface area contributed by atoms with E-state index in [9.17, 15) is 9.90 Å². The Kier molecular flexibility index (Phi) is 5.38. The van der Waals surface area contributed by atoms with Gasteiger partial charge in [0.25, 0.3) is 0 Å². The Morgan fingerprint density at radius 3 is 2.50 bits per heavy atom. The Hall–Kier alpha value is -2.66. The van der Waals surface area contributed by atoms with Crippen molar-refractivity contribution in [2.75, 3.05) is 14.1 Å². The van der Waals surface area contributed by atoms with Crippen LogP contribution in [-0.2, 0) is 17.8 Å². The van der Waals surface area contributed by atoms with E-state index in [1.807, 2.05) is 47.8 Å². The van der Waals surface area contributed by atoms with Crippen LogP contribution in [0, 0.1) is 6.92 Å². The topological polar surface area (TPSA) is 58.4 Å². The standard InChI is InChI=1S/C21H25N3O2/c1-15-8-10-16(11-9-15)12-13-19(21(25)26)24-18-7-5-4-6-17(18)22-20(24)14-23(2)3/h4-11,19H,12-14H2,1-3H3,(H,25,26). The maximum atomic E-state index is 12.1. The number of para-hydroxylation sites is 2. The molecule has 1 heterocycles. The number of imidazole rings is 1. The average molecular weight is 351 g/mol. The summed E-state index contributed by atoms with van der Waals surface area (Å²) in [5.74, 6) is -0.0345. The van der Waals surface area contributed by atoms with Gasteiger partial charge in [0.05, 0.1) is 17.6 Å². The van der Waals surface area contributed by atoms with E-state index < -0.39 is 12.0 Å². The van der Waals surface area contributed by atoms with Crippen LogP contribution in [-0.4, -0.2) is 39.6 Å². The molecule has 0 aliphatic carbocycles. The number of hydrogen-bond donors (Lipinski definition) is 1. The maximum absolute atomic E-state index is 12.1. The lowest BCUT2D eigenvalue weighted by Crippen LogP contribution is -2.24. The van der Waals surface area contributed by atoms with E-state index in [4.69, 9.17) is 0 Å². The summed E-state index contributed by atoms with van der Waals surface area (Å²) < 4.78 is 1.89. The molecule has 0 bridgehead atoms. The Bertz CT molecular complexity index is 897. The molecule has 0 aliphatic rings. The largest absolute Gasteiger partial charge is 0.480 e. The molecular formula is C21H25N3O2. The van der Waals surface area contributed by atoms with Gasteiger partial charge in [0.2, 0.25) is 0 Å². The Morgan fingerprint density at radius 1 is 1.15 bits per heavy atom. The molecule has 0 amide bonds. The van der Waals surface area contributed by atoms with Crippen LogP contribution in [0.3, 0.4) is 0 Å². The molecule has 5 nitrogen and oxygen atoms in total. The monoisotopic (exact) mass is 351 g/mol. The summed E-state index contributed by atoms with van der Waals surface area (Å²) in [5, 5.41) is 9.92. The third-order valence-electron chi connectivity index (χ3n) is 4.55. The summed E-state index contributed by atoms with van der Waals surface area (Å²) in [6.07, 6.45) is 1.24. The number of carboxylic acid groups (broad SMARTS) is 1. The van der Waals surface area contributed by atoms with Crippen molar-refractivity contribution >= 4 is 17.0 Å². The molecule has 1 N–H and O–H groups in total. The number of aliphatic carboxylic acids is 1. The van der Waals surface area contributed by atoms with E-state index in [0.29, 0.717) is 19.4 Å². The summed E-state index contributed by atoms with van der Waals surface area (Å²) in [4.78, 5) is 18.8. The second-order valence-electron chi connectivity index (χ2n) is 7.00. The molecule has 0 spiro atoms. The van der Waals surface area contributed by atoms with Crippen molar-refractivity contribution in [3.8, 4) is 0 Å². The predicted molar refractivity (Wildman–Crippen MR) is 103 cm³/mol. The van der Waals surface area contributed by atoms with Crippen LogP contribution < -0.4 is 0 Å². The van der Waals surface area contributed by atoms with Gasteiger partial charge in [-0.3, -0.25) is 0 Å². The van der Waals surface area contributed by atoms with Crippen LogP contribution in [0.25, 0.3) is 11.0 Å². The molecule has 0 radical (unpaired) electrons. The fourth-order valence-electron chi connectivity index (χ4n) is 3.26. The second-order valence-corrected chi connectivity index (χ2v) is 7.00. The molecule has 26 heavy (non-hydrogen) atoms. The van der Waals surface area contributed by atoms with Crippen LogP contribution in [0.15, 0.2) is 48.5 Å². The van der Waals surface area contributed by atoms with Gasteiger partial charge >= 0.3 is 5.97 Å². The van der Waals surface area contributed by atoms with E-state index in [-0.39, 0.29) is 0 Å². The zero-order valence-corrected chi connectivity index (χ0v) is 15.5. The summed E-state index contributed by atoms with van der Waals surface area (Å²) >= 11 is 0. The summed E-state index contributed by atoms with van der Waals surface area (Å²) in [5.41, 5.74) is 4.07. The van der Waals surface area contributed by atoms with Gasteiger partial charge in [0.15, 0.2) is 0 Å². The van der Waals surface area contributed by atoms with Gasteiger partial charge in [-0.15, -0.1) is 0 Å². The maximum Gasteiger partial charge on any atom is 0.326 e. The number of nitrogens with zero attached hydrogens (tertiary/aromatic N) is 3. The molecule has 3 rings (SSSR count). The van der Waals surface area contributed by atoms with Crippen molar-refractivity contribution < 1.29 is 9.90 Å². The fraction of sp³-hybridized carbons (Fsp3) is 0.333. The van der Waals surface area contributed by atoms with Crippen LogP contribution in [0.5, 0.6) is 0 Å². The zero-order chi connectivity index (χ0) is 18.7. The third-order valence-corrected chi connectivity index (χ3v) is 4.55. The lowest BCUT2D eigenvalue weighted by atomic mass is 10.0. The van der Waals surface area contributed by atoms with E-state index >= 15 is 0 Å². The molecule has 2 aromatic carbocycles. The van der Waals surface area contributed by atoms with Crippen LogP contribution in [0.2, 0.25) is 0 Å². The lowest BCUT2D eigenvalue weighted by molar-refractivity contribution is -0.141. The number of aromatic nitrogens is 2. The highest BCUT2D eigenvalue weighted by atomic mass is 16.4. The van der Waals surface area contributed by atoms with E-state index in [0.717, 1.165) is 22.4 Å². The van der Waals surface area contributed by atoms with Gasteiger partial charge in [-0.1, -0.05) is 42.0 Å². The van der Waals surface area contributed by atoms with Gasteiger partial charge in [0.1, 0.15) is 11.9 Å². The van der Waals surface area contributed by atoms with Gasteiger partial charge in [-0.25, -0.2) is 9.78 Å². The number of rotatable bonds is 7. The van der Waals surface area contributed by atoms with Crippen molar-refractivity contribution in [3.63, 3.8) is 0 Å². The molecule has 136 valence electrons. The number of carbonyl (C=O) groups is 1. The van der Waals surface area contributed by atoms with Crippen molar-refractivity contribution in [2.45, 2.75) is 32.4 Å². The predicted octanol–water partition coefficient (Wildman–Crippen LogP) is 3.66. The molecule has 0 saturated heterocycles. The summed E-state index contributed by atoms with van der Waals surface area (Å²) in [7, 11) is 3.93. The minimum Gasteiger partial charge on any atom is -0.480 e. The van der Waals surface area contributed by atoms with Crippen molar-refractivity contribution in [1.29, 1.82) is 0 Å². The second kappa shape index (κ2) is 7.70. The van der Waals surface area contributed by atoms with Gasteiger partial charge in [0, 0.05) is 0 Å². The molecule has 1 aromatic heterocycles. The number of carboxylic acids is 1. The number of hydrogen-bond acceptors (Lipinski definition) is 3. The minimum atomic E-state index is -0.819.